The van der Waals surface area contributed by atoms with Gasteiger partial charge in [0.25, 0.3) is 17.7 Å². The number of imide groups is 1. The summed E-state index contributed by atoms with van der Waals surface area (Å²) in [5.41, 5.74) is 4.10. The average Bonchev–Trinajstić information content (AvgIpc) is 3.04. The number of hydrogen-bond acceptors (Lipinski definition) is 4. The predicted octanol–water partition coefficient (Wildman–Crippen LogP) is 3.84. The number of amides is 3. The zero-order chi connectivity index (χ0) is 22.7. The molecular formula is C26H25N3O3. The van der Waals surface area contributed by atoms with Crippen molar-refractivity contribution in [3.63, 3.8) is 0 Å². The molecule has 0 saturated carbocycles. The molecule has 3 amide bonds. The molecule has 4 rings (SSSR count). The Balaban J connectivity index is 1.37. The second-order valence-corrected chi connectivity index (χ2v) is 8.14. The quantitative estimate of drug-likeness (QED) is 0.582. The van der Waals surface area contributed by atoms with Gasteiger partial charge in [-0.2, -0.15) is 0 Å². The highest BCUT2D eigenvalue weighted by Crippen LogP contribution is 2.24. The third kappa shape index (κ3) is 4.60. The van der Waals surface area contributed by atoms with Gasteiger partial charge in [0.2, 0.25) is 0 Å². The van der Waals surface area contributed by atoms with Crippen molar-refractivity contribution >= 4 is 23.4 Å². The second-order valence-electron chi connectivity index (χ2n) is 8.14. The molecule has 6 heteroatoms. The van der Waals surface area contributed by atoms with E-state index in [1.165, 1.54) is 10.5 Å². The molecule has 6 nitrogen and oxygen atoms in total. The van der Waals surface area contributed by atoms with E-state index in [-0.39, 0.29) is 24.3 Å². The zero-order valence-corrected chi connectivity index (χ0v) is 18.2. The molecule has 1 aliphatic heterocycles. The number of benzene rings is 3. The summed E-state index contributed by atoms with van der Waals surface area (Å²) >= 11 is 0. The van der Waals surface area contributed by atoms with E-state index in [4.69, 9.17) is 0 Å². The minimum Gasteiger partial charge on any atom is -0.322 e. The van der Waals surface area contributed by atoms with Crippen molar-refractivity contribution in [1.82, 2.24) is 9.80 Å². The van der Waals surface area contributed by atoms with Crippen LogP contribution in [0.15, 0.2) is 72.8 Å². The van der Waals surface area contributed by atoms with Crippen molar-refractivity contribution in [3.05, 3.63) is 101 Å². The summed E-state index contributed by atoms with van der Waals surface area (Å²) in [6.45, 7) is 1.14. The summed E-state index contributed by atoms with van der Waals surface area (Å²) in [6.07, 6.45) is 0.954. The topological polar surface area (TPSA) is 69.7 Å². The first-order valence-electron chi connectivity index (χ1n) is 10.5. The van der Waals surface area contributed by atoms with Gasteiger partial charge >= 0.3 is 0 Å². The summed E-state index contributed by atoms with van der Waals surface area (Å²) in [7, 11) is 4.08. The Kier molecular flexibility index (Phi) is 6.14. The van der Waals surface area contributed by atoms with E-state index in [1.807, 2.05) is 38.4 Å². The van der Waals surface area contributed by atoms with Crippen LogP contribution in [0.4, 0.5) is 5.69 Å². The van der Waals surface area contributed by atoms with Crippen LogP contribution in [0.2, 0.25) is 0 Å². The van der Waals surface area contributed by atoms with E-state index >= 15 is 0 Å². The molecule has 1 heterocycles. The van der Waals surface area contributed by atoms with Gasteiger partial charge in [-0.15, -0.1) is 0 Å². The minimum atomic E-state index is -0.290. The molecule has 0 bridgehead atoms. The minimum absolute atomic E-state index is 0.169. The molecule has 0 spiro atoms. The summed E-state index contributed by atoms with van der Waals surface area (Å²) in [5.74, 6) is -0.791. The molecule has 162 valence electrons. The second kappa shape index (κ2) is 9.16. The molecule has 32 heavy (non-hydrogen) atoms. The Morgan fingerprint density at radius 2 is 1.38 bits per heavy atom. The molecule has 0 atom stereocenters. The van der Waals surface area contributed by atoms with Gasteiger partial charge in [0, 0.05) is 17.8 Å². The highest BCUT2D eigenvalue weighted by Gasteiger charge is 2.34. The maximum atomic E-state index is 12.6. The molecule has 0 aromatic heterocycles. The molecule has 3 aromatic rings. The molecule has 1 N–H and O–H groups in total. The van der Waals surface area contributed by atoms with Crippen LogP contribution in [0, 0.1) is 0 Å². The van der Waals surface area contributed by atoms with E-state index in [1.54, 1.807) is 48.5 Å². The van der Waals surface area contributed by atoms with E-state index in [0.717, 1.165) is 24.2 Å². The van der Waals surface area contributed by atoms with Crippen LogP contribution >= 0.6 is 0 Å². The Morgan fingerprint density at radius 1 is 0.812 bits per heavy atom. The smallest absolute Gasteiger partial charge is 0.261 e. The molecular weight excluding hydrogens is 402 g/mol. The Morgan fingerprint density at radius 3 is 1.94 bits per heavy atom. The first kappa shape index (κ1) is 21.5. The number of fused-ring (bicyclic) bond motifs is 1. The van der Waals surface area contributed by atoms with Gasteiger partial charge in [-0.1, -0.05) is 36.4 Å². The monoisotopic (exact) mass is 427 g/mol. The van der Waals surface area contributed by atoms with Gasteiger partial charge in [-0.25, -0.2) is 0 Å². The van der Waals surface area contributed by atoms with Gasteiger partial charge in [-0.05, 0) is 68.0 Å². The SMILES string of the molecule is CN(C)CCc1ccc(NC(=O)c2ccc(CN3C(=O)c4ccccc4C3=O)cc2)cc1. The first-order chi connectivity index (χ1) is 15.4. The van der Waals surface area contributed by atoms with E-state index in [2.05, 4.69) is 10.2 Å². The van der Waals surface area contributed by atoms with Crippen molar-refractivity contribution in [3.8, 4) is 0 Å². The fourth-order valence-corrected chi connectivity index (χ4v) is 3.64. The molecule has 0 saturated heterocycles. The average molecular weight is 428 g/mol. The van der Waals surface area contributed by atoms with Gasteiger partial charge < -0.3 is 10.2 Å². The number of nitrogens with zero attached hydrogens (tertiary/aromatic N) is 2. The number of hydrogen-bond donors (Lipinski definition) is 1. The molecule has 0 fully saturated rings. The molecule has 0 unspecified atom stereocenters. The Hall–Kier alpha value is -3.77. The van der Waals surface area contributed by atoms with Gasteiger partial charge in [0.15, 0.2) is 0 Å². The van der Waals surface area contributed by atoms with Crippen molar-refractivity contribution in [1.29, 1.82) is 0 Å². The number of rotatable bonds is 7. The highest BCUT2D eigenvalue weighted by atomic mass is 16.2. The van der Waals surface area contributed by atoms with Crippen molar-refractivity contribution < 1.29 is 14.4 Å². The van der Waals surface area contributed by atoms with Crippen LogP contribution in [0.3, 0.4) is 0 Å². The summed E-state index contributed by atoms with van der Waals surface area (Å²) < 4.78 is 0. The molecule has 0 radical (unpaired) electrons. The van der Waals surface area contributed by atoms with Crippen LogP contribution < -0.4 is 5.32 Å². The van der Waals surface area contributed by atoms with Crippen molar-refractivity contribution in [2.75, 3.05) is 26.0 Å². The highest BCUT2D eigenvalue weighted by molar-refractivity contribution is 6.21. The third-order valence-electron chi connectivity index (χ3n) is 5.49. The maximum absolute atomic E-state index is 12.6. The van der Waals surface area contributed by atoms with E-state index in [9.17, 15) is 14.4 Å². The van der Waals surface area contributed by atoms with Gasteiger partial charge in [0.05, 0.1) is 17.7 Å². The maximum Gasteiger partial charge on any atom is 0.261 e. The lowest BCUT2D eigenvalue weighted by Crippen LogP contribution is -2.29. The molecule has 1 aliphatic rings. The fourth-order valence-electron chi connectivity index (χ4n) is 3.64. The largest absolute Gasteiger partial charge is 0.322 e. The lowest BCUT2D eigenvalue weighted by molar-refractivity contribution is 0.0642. The lowest BCUT2D eigenvalue weighted by atomic mass is 10.1. The molecule has 0 aliphatic carbocycles. The number of carbonyl (C=O) groups is 3. The Bertz CT molecular complexity index is 1120. The summed E-state index contributed by atoms with van der Waals surface area (Å²) in [6, 6.07) is 21.6. The lowest BCUT2D eigenvalue weighted by Gasteiger charge is -2.14. The first-order valence-corrected chi connectivity index (χ1v) is 10.5. The third-order valence-corrected chi connectivity index (χ3v) is 5.49. The van der Waals surface area contributed by atoms with Crippen LogP contribution in [0.1, 0.15) is 42.2 Å². The van der Waals surface area contributed by atoms with Crippen LogP contribution in [0.25, 0.3) is 0 Å². The van der Waals surface area contributed by atoms with E-state index in [0.29, 0.717) is 16.7 Å². The predicted molar refractivity (Wildman–Crippen MR) is 124 cm³/mol. The number of carbonyl (C=O) groups excluding carboxylic acids is 3. The van der Waals surface area contributed by atoms with Gasteiger partial charge in [-0.3, -0.25) is 19.3 Å². The van der Waals surface area contributed by atoms with E-state index < -0.39 is 0 Å². The summed E-state index contributed by atoms with van der Waals surface area (Å²) in [5, 5.41) is 2.90. The van der Waals surface area contributed by atoms with Crippen LogP contribution in [-0.2, 0) is 13.0 Å². The number of nitrogens with one attached hydrogen (secondary N) is 1. The standard InChI is InChI=1S/C26H25N3O3/c1-28(2)16-15-18-9-13-21(14-10-18)27-24(30)20-11-7-19(8-12-20)17-29-25(31)22-5-3-4-6-23(22)26(29)32/h3-14H,15-17H2,1-2H3,(H,27,30). The Labute approximate surface area is 187 Å². The zero-order valence-electron chi connectivity index (χ0n) is 18.2. The van der Waals surface area contributed by atoms with Crippen LogP contribution in [0.5, 0.6) is 0 Å². The normalized spacial score (nSPS) is 12.9. The number of likely N-dealkylation sites (N-methyl/N-ethyl adjacent to an activating group) is 1. The van der Waals surface area contributed by atoms with Crippen molar-refractivity contribution in [2.45, 2.75) is 13.0 Å². The van der Waals surface area contributed by atoms with Crippen molar-refractivity contribution in [2.24, 2.45) is 0 Å². The fraction of sp³-hybridized carbons (Fsp3) is 0.192. The van der Waals surface area contributed by atoms with Crippen LogP contribution in [-0.4, -0.2) is 48.2 Å². The summed E-state index contributed by atoms with van der Waals surface area (Å²) in [4.78, 5) is 41.0. The van der Waals surface area contributed by atoms with Gasteiger partial charge in [0.1, 0.15) is 0 Å². The number of anilines is 1. The molecule has 3 aromatic carbocycles.